The van der Waals surface area contributed by atoms with E-state index in [1.54, 1.807) is 11.9 Å². The molecule has 1 atom stereocenters. The highest BCUT2D eigenvalue weighted by Crippen LogP contribution is 2.08. The molecule has 0 aromatic carbocycles. The van der Waals surface area contributed by atoms with Crippen LogP contribution in [0.4, 0.5) is 4.79 Å². The van der Waals surface area contributed by atoms with Crippen LogP contribution in [0.3, 0.4) is 0 Å². The zero-order valence-electron chi connectivity index (χ0n) is 7.96. The zero-order chi connectivity index (χ0) is 9.84. The molecule has 0 radical (unpaired) electrons. The molecule has 2 N–H and O–H groups in total. The van der Waals surface area contributed by atoms with Crippen LogP contribution in [0.2, 0.25) is 0 Å². The van der Waals surface area contributed by atoms with Gasteiger partial charge >= 0.3 is 6.03 Å². The minimum atomic E-state index is -0.0761. The SMILES string of the molecule is CNC(=O)N1CCC(NC(C)=O)C1. The van der Waals surface area contributed by atoms with E-state index in [1.165, 1.54) is 6.92 Å². The van der Waals surface area contributed by atoms with Crippen molar-refractivity contribution in [3.05, 3.63) is 0 Å². The lowest BCUT2D eigenvalue weighted by Crippen LogP contribution is -2.40. The predicted octanol–water partition coefficient (Wildman–Crippen LogP) is -0.464. The van der Waals surface area contributed by atoms with E-state index in [-0.39, 0.29) is 18.0 Å². The van der Waals surface area contributed by atoms with E-state index in [2.05, 4.69) is 10.6 Å². The molecule has 0 aromatic rings. The molecule has 1 saturated heterocycles. The minimum absolute atomic E-state index is 0.0382. The molecule has 13 heavy (non-hydrogen) atoms. The van der Waals surface area contributed by atoms with Crippen molar-refractivity contribution < 1.29 is 9.59 Å². The van der Waals surface area contributed by atoms with Gasteiger partial charge in [0.25, 0.3) is 0 Å². The molecule has 0 bridgehead atoms. The number of rotatable bonds is 1. The van der Waals surface area contributed by atoms with Gasteiger partial charge in [-0.25, -0.2) is 4.79 Å². The number of urea groups is 1. The van der Waals surface area contributed by atoms with Gasteiger partial charge < -0.3 is 15.5 Å². The summed E-state index contributed by atoms with van der Waals surface area (Å²) in [6.45, 7) is 2.81. The maximum Gasteiger partial charge on any atom is 0.317 e. The molecular weight excluding hydrogens is 170 g/mol. The molecule has 0 saturated carbocycles. The number of likely N-dealkylation sites (tertiary alicyclic amines) is 1. The lowest BCUT2D eigenvalue weighted by atomic mass is 10.3. The lowest BCUT2D eigenvalue weighted by Gasteiger charge is -2.15. The van der Waals surface area contributed by atoms with Crippen molar-refractivity contribution in [3.8, 4) is 0 Å². The highest BCUT2D eigenvalue weighted by Gasteiger charge is 2.25. The monoisotopic (exact) mass is 185 g/mol. The van der Waals surface area contributed by atoms with Gasteiger partial charge in [-0.2, -0.15) is 0 Å². The molecule has 5 nitrogen and oxygen atoms in total. The molecule has 1 fully saturated rings. The van der Waals surface area contributed by atoms with Crippen molar-refractivity contribution in [3.63, 3.8) is 0 Å². The highest BCUT2D eigenvalue weighted by atomic mass is 16.2. The number of carbonyl (C=O) groups excluding carboxylic acids is 2. The maximum absolute atomic E-state index is 11.1. The van der Waals surface area contributed by atoms with E-state index in [4.69, 9.17) is 0 Å². The molecule has 3 amide bonds. The molecular formula is C8H15N3O2. The predicted molar refractivity (Wildman–Crippen MR) is 48.3 cm³/mol. The summed E-state index contributed by atoms with van der Waals surface area (Å²) in [5, 5.41) is 5.35. The van der Waals surface area contributed by atoms with E-state index < -0.39 is 0 Å². The average molecular weight is 185 g/mol. The first-order chi connectivity index (χ1) is 6.13. The topological polar surface area (TPSA) is 61.4 Å². The van der Waals surface area contributed by atoms with Crippen LogP contribution in [-0.4, -0.2) is 43.0 Å². The van der Waals surface area contributed by atoms with Crippen molar-refractivity contribution in [1.29, 1.82) is 0 Å². The standard InChI is InChI=1S/C8H15N3O2/c1-6(12)10-7-3-4-11(5-7)8(13)9-2/h7H,3-5H2,1-2H3,(H,9,13)(H,10,12). The third kappa shape index (κ3) is 2.61. The molecule has 0 aromatic heterocycles. The lowest BCUT2D eigenvalue weighted by molar-refractivity contribution is -0.119. The maximum atomic E-state index is 11.1. The van der Waals surface area contributed by atoms with Gasteiger partial charge in [0.2, 0.25) is 5.91 Å². The number of nitrogens with one attached hydrogen (secondary N) is 2. The number of amides is 3. The van der Waals surface area contributed by atoms with Crippen LogP contribution in [-0.2, 0) is 4.79 Å². The number of nitrogens with zero attached hydrogens (tertiary/aromatic N) is 1. The fourth-order valence-corrected chi connectivity index (χ4v) is 1.51. The van der Waals surface area contributed by atoms with E-state index in [0.29, 0.717) is 13.1 Å². The van der Waals surface area contributed by atoms with Gasteiger partial charge in [0, 0.05) is 33.1 Å². The van der Waals surface area contributed by atoms with Gasteiger partial charge in [-0.15, -0.1) is 0 Å². The Morgan fingerprint density at radius 3 is 2.69 bits per heavy atom. The van der Waals surface area contributed by atoms with Crippen LogP contribution in [0.1, 0.15) is 13.3 Å². The molecule has 1 heterocycles. The molecule has 1 unspecified atom stereocenters. The summed E-state index contributed by atoms with van der Waals surface area (Å²) in [7, 11) is 1.61. The van der Waals surface area contributed by atoms with Crippen molar-refractivity contribution in [2.24, 2.45) is 0 Å². The minimum Gasteiger partial charge on any atom is -0.352 e. The van der Waals surface area contributed by atoms with Gasteiger partial charge in [0.15, 0.2) is 0 Å². The molecule has 1 aliphatic rings. The second-order valence-corrected chi connectivity index (χ2v) is 3.19. The van der Waals surface area contributed by atoms with Gasteiger partial charge in [-0.1, -0.05) is 0 Å². The molecule has 1 aliphatic heterocycles. The Hall–Kier alpha value is -1.26. The quantitative estimate of drug-likeness (QED) is 0.580. The number of hydrogen-bond acceptors (Lipinski definition) is 2. The van der Waals surface area contributed by atoms with Crippen LogP contribution in [0.15, 0.2) is 0 Å². The Kier molecular flexibility index (Phi) is 3.11. The summed E-state index contributed by atoms with van der Waals surface area (Å²) in [5.41, 5.74) is 0. The Morgan fingerprint density at radius 1 is 1.46 bits per heavy atom. The van der Waals surface area contributed by atoms with Gasteiger partial charge in [-0.3, -0.25) is 4.79 Å². The molecule has 0 aliphatic carbocycles. The third-order valence-electron chi connectivity index (χ3n) is 2.10. The summed E-state index contributed by atoms with van der Waals surface area (Å²) in [6.07, 6.45) is 0.840. The van der Waals surface area contributed by atoms with E-state index in [0.717, 1.165) is 6.42 Å². The fourth-order valence-electron chi connectivity index (χ4n) is 1.51. The van der Waals surface area contributed by atoms with Gasteiger partial charge in [-0.05, 0) is 6.42 Å². The Bertz CT molecular complexity index is 217. The molecule has 0 spiro atoms. The third-order valence-corrected chi connectivity index (χ3v) is 2.10. The smallest absolute Gasteiger partial charge is 0.317 e. The largest absolute Gasteiger partial charge is 0.352 e. The van der Waals surface area contributed by atoms with Crippen molar-refractivity contribution in [2.75, 3.05) is 20.1 Å². The van der Waals surface area contributed by atoms with Crippen LogP contribution < -0.4 is 10.6 Å². The first-order valence-electron chi connectivity index (χ1n) is 4.37. The van der Waals surface area contributed by atoms with E-state index in [1.807, 2.05) is 0 Å². The van der Waals surface area contributed by atoms with Gasteiger partial charge in [0.1, 0.15) is 0 Å². The van der Waals surface area contributed by atoms with Gasteiger partial charge in [0.05, 0.1) is 0 Å². The number of carbonyl (C=O) groups is 2. The highest BCUT2D eigenvalue weighted by molar-refractivity contribution is 5.75. The first kappa shape index (κ1) is 9.83. The second-order valence-electron chi connectivity index (χ2n) is 3.19. The first-order valence-corrected chi connectivity index (χ1v) is 4.37. The second kappa shape index (κ2) is 4.11. The van der Waals surface area contributed by atoms with Crippen LogP contribution in [0.25, 0.3) is 0 Å². The fraction of sp³-hybridized carbons (Fsp3) is 0.750. The molecule has 74 valence electrons. The van der Waals surface area contributed by atoms with Crippen molar-refractivity contribution in [1.82, 2.24) is 15.5 Å². The van der Waals surface area contributed by atoms with E-state index >= 15 is 0 Å². The summed E-state index contributed by atoms with van der Waals surface area (Å²) < 4.78 is 0. The molecule has 5 heteroatoms. The molecule has 1 rings (SSSR count). The Morgan fingerprint density at radius 2 is 2.15 bits per heavy atom. The van der Waals surface area contributed by atoms with Crippen LogP contribution in [0.5, 0.6) is 0 Å². The van der Waals surface area contributed by atoms with Crippen LogP contribution in [0, 0.1) is 0 Å². The van der Waals surface area contributed by atoms with Crippen molar-refractivity contribution >= 4 is 11.9 Å². The summed E-state index contributed by atoms with van der Waals surface area (Å²) in [5.74, 6) is -0.0382. The Balaban J connectivity index is 2.36. The van der Waals surface area contributed by atoms with E-state index in [9.17, 15) is 9.59 Å². The summed E-state index contributed by atoms with van der Waals surface area (Å²) in [6, 6.07) is 0.0441. The average Bonchev–Trinajstić information content (AvgIpc) is 2.50. The summed E-state index contributed by atoms with van der Waals surface area (Å²) in [4.78, 5) is 23.6. The number of hydrogen-bond donors (Lipinski definition) is 2. The summed E-state index contributed by atoms with van der Waals surface area (Å²) >= 11 is 0. The van der Waals surface area contributed by atoms with Crippen LogP contribution >= 0.6 is 0 Å². The Labute approximate surface area is 77.5 Å². The zero-order valence-corrected chi connectivity index (χ0v) is 7.96. The van der Waals surface area contributed by atoms with Crippen molar-refractivity contribution in [2.45, 2.75) is 19.4 Å². The normalized spacial score (nSPS) is 21.4.